The summed E-state index contributed by atoms with van der Waals surface area (Å²) in [6, 6.07) is 19.9. The van der Waals surface area contributed by atoms with Gasteiger partial charge in [-0.05, 0) is 120 Å². The molecule has 4 nitrogen and oxygen atoms in total. The molecule has 0 radical (unpaired) electrons. The van der Waals surface area contributed by atoms with Crippen LogP contribution in [0.4, 0.5) is 0 Å². The van der Waals surface area contributed by atoms with E-state index in [0.29, 0.717) is 24.2 Å². The van der Waals surface area contributed by atoms with Gasteiger partial charge >= 0.3 is 5.97 Å². The zero-order valence-corrected chi connectivity index (χ0v) is 23.3. The first-order valence-electron chi connectivity index (χ1n) is 10.3. The average molecular weight is 681 g/mol. The summed E-state index contributed by atoms with van der Waals surface area (Å²) in [7, 11) is 0. The summed E-state index contributed by atoms with van der Waals surface area (Å²) in [6.45, 7) is 4.72. The number of benzene rings is 3. The van der Waals surface area contributed by atoms with Crippen molar-refractivity contribution in [3.63, 3.8) is 0 Å². The molecule has 168 valence electrons. The maximum atomic E-state index is 12.4. The van der Waals surface area contributed by atoms with E-state index in [4.69, 9.17) is 9.47 Å². The molecule has 1 aliphatic rings. The molecule has 0 fully saturated rings. The average Bonchev–Trinajstić information content (AvgIpc) is 3.13. The fourth-order valence-electron chi connectivity index (χ4n) is 3.28. The lowest BCUT2D eigenvalue weighted by Gasteiger charge is -2.12. The number of halogens is 3. The maximum absolute atomic E-state index is 12.4. The van der Waals surface area contributed by atoms with Gasteiger partial charge in [-0.1, -0.05) is 38.1 Å². The molecule has 4 rings (SSSR count). The van der Waals surface area contributed by atoms with Gasteiger partial charge in [0, 0.05) is 9.13 Å². The Bertz CT molecular complexity index is 1240. The van der Waals surface area contributed by atoms with Crippen molar-refractivity contribution in [2.45, 2.75) is 26.4 Å². The Balaban J connectivity index is 1.54. The van der Waals surface area contributed by atoms with E-state index in [1.807, 2.05) is 54.6 Å². The molecule has 1 aliphatic heterocycles. The Kier molecular flexibility index (Phi) is 7.71. The highest BCUT2D eigenvalue weighted by atomic mass is 127. The minimum Gasteiger partial charge on any atom is -0.487 e. The molecule has 0 N–H and O–H groups in total. The van der Waals surface area contributed by atoms with Gasteiger partial charge in [0.05, 0.1) is 8.95 Å². The molecule has 0 spiro atoms. The number of hydrogen-bond donors (Lipinski definition) is 0. The lowest BCUT2D eigenvalue weighted by atomic mass is 10.0. The van der Waals surface area contributed by atoms with E-state index in [1.54, 1.807) is 6.08 Å². The van der Waals surface area contributed by atoms with Crippen molar-refractivity contribution in [2.24, 2.45) is 4.99 Å². The quantitative estimate of drug-likeness (QED) is 0.151. The Hall–Kier alpha value is -1.97. The molecule has 7 heteroatoms. The number of hydrogen-bond acceptors (Lipinski definition) is 4. The van der Waals surface area contributed by atoms with Crippen molar-refractivity contribution in [3.8, 4) is 5.75 Å². The van der Waals surface area contributed by atoms with Gasteiger partial charge in [0.25, 0.3) is 0 Å². The Morgan fingerprint density at radius 1 is 1.06 bits per heavy atom. The second-order valence-corrected chi connectivity index (χ2v) is 10.8. The lowest BCUT2D eigenvalue weighted by Crippen LogP contribution is -2.05. The van der Waals surface area contributed by atoms with Crippen molar-refractivity contribution in [1.29, 1.82) is 0 Å². The topological polar surface area (TPSA) is 47.9 Å². The molecule has 0 aliphatic carbocycles. The van der Waals surface area contributed by atoms with Crippen LogP contribution < -0.4 is 4.74 Å². The smallest absolute Gasteiger partial charge is 0.363 e. The molecular weight excluding hydrogens is 661 g/mol. The second-order valence-electron chi connectivity index (χ2n) is 7.85. The molecule has 3 aromatic carbocycles. The molecule has 0 bridgehead atoms. The van der Waals surface area contributed by atoms with E-state index < -0.39 is 5.97 Å². The van der Waals surface area contributed by atoms with Crippen LogP contribution in [0, 0.1) is 3.57 Å². The minimum atomic E-state index is -0.468. The molecule has 0 atom stereocenters. The maximum Gasteiger partial charge on any atom is 0.363 e. The Morgan fingerprint density at radius 3 is 2.39 bits per heavy atom. The van der Waals surface area contributed by atoms with Crippen molar-refractivity contribution in [3.05, 3.63) is 101 Å². The van der Waals surface area contributed by atoms with Gasteiger partial charge in [-0.2, -0.15) is 0 Å². The number of cyclic esters (lactones) is 1. The number of ether oxygens (including phenoxy) is 2. The van der Waals surface area contributed by atoms with Crippen LogP contribution in [0.1, 0.15) is 42.0 Å². The molecule has 0 aromatic heterocycles. The van der Waals surface area contributed by atoms with Crippen LogP contribution >= 0.6 is 54.5 Å². The number of rotatable bonds is 6. The summed E-state index contributed by atoms with van der Waals surface area (Å²) in [5.74, 6) is 0.976. The first kappa shape index (κ1) is 24.2. The number of aliphatic imine (C=N–C) groups is 1. The predicted molar refractivity (Wildman–Crippen MR) is 146 cm³/mol. The molecule has 0 unspecified atom stereocenters. The number of nitrogens with zero attached hydrogens (tertiary/aromatic N) is 1. The largest absolute Gasteiger partial charge is 0.487 e. The van der Waals surface area contributed by atoms with E-state index in [-0.39, 0.29) is 5.70 Å². The second kappa shape index (κ2) is 10.5. The molecule has 0 saturated carbocycles. The fraction of sp³-hybridized carbons (Fsp3) is 0.154. The highest BCUT2D eigenvalue weighted by Crippen LogP contribution is 2.36. The van der Waals surface area contributed by atoms with Gasteiger partial charge in [0.2, 0.25) is 5.90 Å². The highest BCUT2D eigenvalue weighted by Gasteiger charge is 2.24. The zero-order chi connectivity index (χ0) is 23.5. The van der Waals surface area contributed by atoms with E-state index in [1.165, 1.54) is 5.56 Å². The lowest BCUT2D eigenvalue weighted by molar-refractivity contribution is -0.129. The van der Waals surface area contributed by atoms with Gasteiger partial charge < -0.3 is 9.47 Å². The van der Waals surface area contributed by atoms with Crippen LogP contribution in [-0.4, -0.2) is 11.9 Å². The number of carbonyl (C=O) groups excluding carboxylic acids is 1. The van der Waals surface area contributed by atoms with Gasteiger partial charge in [-0.3, -0.25) is 0 Å². The Labute approximate surface area is 223 Å². The minimum absolute atomic E-state index is 0.254. The van der Waals surface area contributed by atoms with Gasteiger partial charge in [-0.15, -0.1) is 0 Å². The molecular formula is C26H20Br2INO3. The predicted octanol–water partition coefficient (Wildman–Crippen LogP) is 7.86. The Morgan fingerprint density at radius 2 is 1.76 bits per heavy atom. The van der Waals surface area contributed by atoms with Crippen LogP contribution in [0.25, 0.3) is 6.08 Å². The highest BCUT2D eigenvalue weighted by molar-refractivity contribution is 14.1. The number of esters is 1. The standard InChI is InChI=1S/C26H20Br2INO3/c1-15(2)18-6-8-19(9-7-18)25-30-23(26(31)33-25)13-17-11-21(27)24(22(28)12-17)32-14-16-4-3-5-20(29)10-16/h3-13,15H,14H2,1-2H3/b23-13-. The van der Waals surface area contributed by atoms with Crippen molar-refractivity contribution >= 4 is 72.4 Å². The van der Waals surface area contributed by atoms with Crippen molar-refractivity contribution in [1.82, 2.24) is 0 Å². The summed E-state index contributed by atoms with van der Waals surface area (Å²) in [4.78, 5) is 16.8. The summed E-state index contributed by atoms with van der Waals surface area (Å²) >= 11 is 9.44. The van der Waals surface area contributed by atoms with E-state index >= 15 is 0 Å². The van der Waals surface area contributed by atoms with Gasteiger partial charge in [0.15, 0.2) is 5.70 Å². The van der Waals surface area contributed by atoms with E-state index in [0.717, 1.165) is 29.2 Å². The van der Waals surface area contributed by atoms with Gasteiger partial charge in [0.1, 0.15) is 12.4 Å². The van der Waals surface area contributed by atoms with Crippen LogP contribution in [0.2, 0.25) is 0 Å². The van der Waals surface area contributed by atoms with Crippen LogP contribution in [0.3, 0.4) is 0 Å². The third-order valence-electron chi connectivity index (χ3n) is 5.04. The summed E-state index contributed by atoms with van der Waals surface area (Å²) in [5.41, 5.74) is 4.13. The van der Waals surface area contributed by atoms with Crippen LogP contribution in [-0.2, 0) is 16.1 Å². The van der Waals surface area contributed by atoms with Crippen molar-refractivity contribution < 1.29 is 14.3 Å². The fourth-order valence-corrected chi connectivity index (χ4v) is 5.34. The SMILES string of the molecule is CC(C)c1ccc(C2=N/C(=C\c3cc(Br)c(OCc4cccc(I)c4)c(Br)c3)C(=O)O2)cc1. The van der Waals surface area contributed by atoms with Gasteiger partial charge in [-0.25, -0.2) is 9.79 Å². The molecule has 1 heterocycles. The zero-order valence-electron chi connectivity index (χ0n) is 17.9. The summed E-state index contributed by atoms with van der Waals surface area (Å²) < 4.78 is 14.1. The first-order valence-corrected chi connectivity index (χ1v) is 13.0. The van der Waals surface area contributed by atoms with Crippen molar-refractivity contribution in [2.75, 3.05) is 0 Å². The van der Waals surface area contributed by atoms with E-state index in [9.17, 15) is 4.79 Å². The third-order valence-corrected chi connectivity index (χ3v) is 6.89. The summed E-state index contributed by atoms with van der Waals surface area (Å²) in [5, 5.41) is 0. The summed E-state index contributed by atoms with van der Waals surface area (Å²) in [6.07, 6.45) is 1.71. The molecule has 3 aromatic rings. The molecule has 0 saturated heterocycles. The van der Waals surface area contributed by atoms with Crippen LogP contribution in [0.15, 0.2) is 80.3 Å². The normalized spacial score (nSPS) is 14.5. The molecule has 33 heavy (non-hydrogen) atoms. The van der Waals surface area contributed by atoms with Crippen LogP contribution in [0.5, 0.6) is 5.75 Å². The van der Waals surface area contributed by atoms with E-state index in [2.05, 4.69) is 79.4 Å². The third kappa shape index (κ3) is 5.94. The molecule has 0 amide bonds. The first-order chi connectivity index (χ1) is 15.8. The monoisotopic (exact) mass is 679 g/mol. The number of carbonyl (C=O) groups is 1.